The Morgan fingerprint density at radius 3 is 2.88 bits per heavy atom. The molecular weight excluding hydrogens is 212 g/mol. The molecule has 0 saturated carbocycles. The molecule has 1 aromatic rings. The van der Waals surface area contributed by atoms with E-state index < -0.39 is 0 Å². The molecule has 0 N–H and O–H groups in total. The molecule has 1 aliphatic rings. The van der Waals surface area contributed by atoms with Crippen LogP contribution in [0, 0.1) is 6.92 Å². The van der Waals surface area contributed by atoms with Gasteiger partial charge in [-0.1, -0.05) is 37.1 Å². The maximum absolute atomic E-state index is 5.85. The van der Waals surface area contributed by atoms with Crippen molar-refractivity contribution >= 4 is 0 Å². The maximum atomic E-state index is 5.85. The third-order valence-corrected chi connectivity index (χ3v) is 3.19. The summed E-state index contributed by atoms with van der Waals surface area (Å²) in [6.07, 6.45) is 2.82. The molecule has 1 heterocycles. The van der Waals surface area contributed by atoms with Gasteiger partial charge in [0, 0.05) is 0 Å². The SMILES string of the molecule is CCCc1cc(C)ccc1[C@@H](C)OCC1CO1. The molecule has 1 unspecified atom stereocenters. The lowest BCUT2D eigenvalue weighted by atomic mass is 9.97. The van der Waals surface area contributed by atoms with Gasteiger partial charge in [-0.3, -0.25) is 0 Å². The van der Waals surface area contributed by atoms with Gasteiger partial charge in [-0.05, 0) is 31.4 Å². The van der Waals surface area contributed by atoms with E-state index in [1.54, 1.807) is 0 Å². The molecule has 2 nitrogen and oxygen atoms in total. The van der Waals surface area contributed by atoms with Crippen LogP contribution in [0.1, 0.15) is 43.1 Å². The van der Waals surface area contributed by atoms with Crippen LogP contribution in [0.2, 0.25) is 0 Å². The van der Waals surface area contributed by atoms with E-state index in [0.29, 0.717) is 6.10 Å². The highest BCUT2D eigenvalue weighted by Gasteiger charge is 2.24. The Bertz CT molecular complexity index is 369. The molecule has 1 aromatic carbocycles. The first kappa shape index (κ1) is 12.6. The molecule has 0 amide bonds. The molecule has 0 radical (unpaired) electrons. The predicted molar refractivity (Wildman–Crippen MR) is 69.3 cm³/mol. The van der Waals surface area contributed by atoms with Crippen LogP contribution >= 0.6 is 0 Å². The zero-order valence-corrected chi connectivity index (χ0v) is 11.0. The lowest BCUT2D eigenvalue weighted by Crippen LogP contribution is -2.08. The third-order valence-electron chi connectivity index (χ3n) is 3.19. The van der Waals surface area contributed by atoms with Crippen LogP contribution < -0.4 is 0 Å². The van der Waals surface area contributed by atoms with E-state index in [1.165, 1.54) is 23.1 Å². The number of benzene rings is 1. The number of hydrogen-bond donors (Lipinski definition) is 0. The predicted octanol–water partition coefficient (Wildman–Crippen LogP) is 3.42. The van der Waals surface area contributed by atoms with Crippen molar-refractivity contribution in [3.05, 3.63) is 34.9 Å². The van der Waals surface area contributed by atoms with E-state index in [9.17, 15) is 0 Å². The monoisotopic (exact) mass is 234 g/mol. The number of epoxide rings is 1. The molecule has 0 bridgehead atoms. The van der Waals surface area contributed by atoms with Gasteiger partial charge in [-0.15, -0.1) is 0 Å². The summed E-state index contributed by atoms with van der Waals surface area (Å²) in [5.41, 5.74) is 4.09. The summed E-state index contributed by atoms with van der Waals surface area (Å²) in [5, 5.41) is 0. The van der Waals surface area contributed by atoms with Crippen LogP contribution in [0.3, 0.4) is 0 Å². The van der Waals surface area contributed by atoms with Crippen molar-refractivity contribution in [2.45, 2.75) is 45.8 Å². The van der Waals surface area contributed by atoms with Gasteiger partial charge in [0.05, 0.1) is 19.3 Å². The van der Waals surface area contributed by atoms with Crippen molar-refractivity contribution in [1.82, 2.24) is 0 Å². The fourth-order valence-electron chi connectivity index (χ4n) is 2.12. The second kappa shape index (κ2) is 5.65. The highest BCUT2D eigenvalue weighted by atomic mass is 16.6. The minimum absolute atomic E-state index is 0.168. The Morgan fingerprint density at radius 2 is 2.24 bits per heavy atom. The van der Waals surface area contributed by atoms with Gasteiger partial charge in [0.15, 0.2) is 0 Å². The molecule has 17 heavy (non-hydrogen) atoms. The van der Waals surface area contributed by atoms with Crippen molar-refractivity contribution in [2.75, 3.05) is 13.2 Å². The topological polar surface area (TPSA) is 21.8 Å². The molecule has 0 aliphatic carbocycles. The van der Waals surface area contributed by atoms with Gasteiger partial charge in [0.25, 0.3) is 0 Å². The average Bonchev–Trinajstić information content (AvgIpc) is 3.10. The second-order valence-corrected chi connectivity index (χ2v) is 4.88. The van der Waals surface area contributed by atoms with E-state index in [4.69, 9.17) is 9.47 Å². The smallest absolute Gasteiger partial charge is 0.104 e. The first-order valence-electron chi connectivity index (χ1n) is 6.53. The summed E-state index contributed by atoms with van der Waals surface area (Å²) in [6, 6.07) is 6.66. The van der Waals surface area contributed by atoms with Crippen molar-refractivity contribution in [1.29, 1.82) is 0 Å². The normalized spacial score (nSPS) is 20.3. The summed E-state index contributed by atoms with van der Waals surface area (Å²) in [6.45, 7) is 8.08. The van der Waals surface area contributed by atoms with Crippen LogP contribution in [0.5, 0.6) is 0 Å². The number of rotatable bonds is 6. The third kappa shape index (κ3) is 3.55. The van der Waals surface area contributed by atoms with Crippen LogP contribution in [0.15, 0.2) is 18.2 Å². The highest BCUT2D eigenvalue weighted by molar-refractivity contribution is 5.33. The molecule has 0 aromatic heterocycles. The molecule has 1 fully saturated rings. The van der Waals surface area contributed by atoms with E-state index in [2.05, 4.69) is 39.0 Å². The van der Waals surface area contributed by atoms with Crippen molar-refractivity contribution in [3.8, 4) is 0 Å². The standard InChI is InChI=1S/C15H22O2/c1-4-5-13-8-11(2)6-7-15(13)12(3)16-9-14-10-17-14/h6-8,12,14H,4-5,9-10H2,1-3H3/t12-,14?/m1/s1. The Labute approximate surface area is 104 Å². The Balaban J connectivity index is 2.05. The largest absolute Gasteiger partial charge is 0.371 e. The van der Waals surface area contributed by atoms with Gasteiger partial charge in [-0.2, -0.15) is 0 Å². The summed E-state index contributed by atoms with van der Waals surface area (Å²) >= 11 is 0. The highest BCUT2D eigenvalue weighted by Crippen LogP contribution is 2.25. The molecular formula is C15H22O2. The van der Waals surface area contributed by atoms with Gasteiger partial charge in [-0.25, -0.2) is 0 Å². The van der Waals surface area contributed by atoms with E-state index in [-0.39, 0.29) is 6.10 Å². The minimum atomic E-state index is 0.168. The molecule has 2 rings (SSSR count). The summed E-state index contributed by atoms with van der Waals surface area (Å²) in [7, 11) is 0. The van der Waals surface area contributed by atoms with E-state index in [0.717, 1.165) is 19.6 Å². The summed E-state index contributed by atoms with van der Waals surface area (Å²) in [5.74, 6) is 0. The quantitative estimate of drug-likeness (QED) is 0.703. The van der Waals surface area contributed by atoms with Crippen LogP contribution in [-0.4, -0.2) is 19.3 Å². The summed E-state index contributed by atoms with van der Waals surface area (Å²) < 4.78 is 11.0. The van der Waals surface area contributed by atoms with Gasteiger partial charge >= 0.3 is 0 Å². The first-order chi connectivity index (χ1) is 8.20. The molecule has 0 spiro atoms. The number of ether oxygens (including phenoxy) is 2. The van der Waals surface area contributed by atoms with Crippen molar-refractivity contribution in [3.63, 3.8) is 0 Å². The van der Waals surface area contributed by atoms with Gasteiger partial charge in [0.1, 0.15) is 6.10 Å². The number of hydrogen-bond acceptors (Lipinski definition) is 2. The second-order valence-electron chi connectivity index (χ2n) is 4.88. The van der Waals surface area contributed by atoms with Crippen LogP contribution in [0.4, 0.5) is 0 Å². The van der Waals surface area contributed by atoms with E-state index in [1.807, 2.05) is 0 Å². The zero-order chi connectivity index (χ0) is 12.3. The van der Waals surface area contributed by atoms with Crippen molar-refractivity contribution < 1.29 is 9.47 Å². The first-order valence-corrected chi connectivity index (χ1v) is 6.53. The Morgan fingerprint density at radius 1 is 1.47 bits per heavy atom. The zero-order valence-electron chi connectivity index (χ0n) is 11.0. The molecule has 2 heteroatoms. The van der Waals surface area contributed by atoms with Gasteiger partial charge in [0.2, 0.25) is 0 Å². The number of aryl methyl sites for hydroxylation is 2. The fraction of sp³-hybridized carbons (Fsp3) is 0.600. The average molecular weight is 234 g/mol. The van der Waals surface area contributed by atoms with Crippen LogP contribution in [-0.2, 0) is 15.9 Å². The molecule has 2 atom stereocenters. The molecule has 1 aliphatic heterocycles. The fourth-order valence-corrected chi connectivity index (χ4v) is 2.12. The van der Waals surface area contributed by atoms with Crippen LogP contribution in [0.25, 0.3) is 0 Å². The summed E-state index contributed by atoms with van der Waals surface area (Å²) in [4.78, 5) is 0. The minimum Gasteiger partial charge on any atom is -0.371 e. The maximum Gasteiger partial charge on any atom is 0.104 e. The Kier molecular flexibility index (Phi) is 4.19. The van der Waals surface area contributed by atoms with E-state index >= 15 is 0 Å². The lowest BCUT2D eigenvalue weighted by molar-refractivity contribution is 0.0534. The van der Waals surface area contributed by atoms with Crippen molar-refractivity contribution in [2.24, 2.45) is 0 Å². The Hall–Kier alpha value is -0.860. The molecule has 1 saturated heterocycles. The lowest BCUT2D eigenvalue weighted by Gasteiger charge is -2.17. The van der Waals surface area contributed by atoms with Gasteiger partial charge < -0.3 is 9.47 Å². The molecule has 94 valence electrons.